The van der Waals surface area contributed by atoms with Crippen molar-refractivity contribution < 1.29 is 0 Å². The predicted molar refractivity (Wildman–Crippen MR) is 96.4 cm³/mol. The van der Waals surface area contributed by atoms with Gasteiger partial charge < -0.3 is 10.2 Å². The summed E-state index contributed by atoms with van der Waals surface area (Å²) in [5.74, 6) is 0.664. The summed E-state index contributed by atoms with van der Waals surface area (Å²) in [6, 6.07) is 8.58. The Morgan fingerprint density at radius 2 is 1.88 bits per heavy atom. The minimum absolute atomic E-state index is 0.427. The lowest BCUT2D eigenvalue weighted by molar-refractivity contribution is 0.204. The molecule has 0 unspecified atom stereocenters. The molecule has 124 valence electrons. The zero-order valence-electron chi connectivity index (χ0n) is 13.8. The van der Waals surface area contributed by atoms with Gasteiger partial charge >= 0.3 is 0 Å². The molecule has 7 nitrogen and oxygen atoms in total. The number of nitrogens with one attached hydrogen (secondary N) is 1. The molecular weight excluding hydrogens is 314 g/mol. The fraction of sp³-hybridized carbons (Fsp3) is 0.222. The number of hydrogen-bond donors (Lipinski definition) is 1. The average molecular weight is 331 g/mol. The molecule has 5 rings (SSSR count). The molecule has 1 fully saturated rings. The molecule has 1 aliphatic rings. The van der Waals surface area contributed by atoms with E-state index in [0.29, 0.717) is 12.0 Å². The molecule has 3 aromatic heterocycles. The lowest BCUT2D eigenvalue weighted by atomic mass is 10.1. The fourth-order valence-corrected chi connectivity index (χ4v) is 3.31. The van der Waals surface area contributed by atoms with Gasteiger partial charge in [-0.25, -0.2) is 9.50 Å². The molecule has 25 heavy (non-hydrogen) atoms. The first-order chi connectivity index (χ1) is 12.3. The molecule has 0 amide bonds. The Hall–Kier alpha value is -3.06. The van der Waals surface area contributed by atoms with E-state index >= 15 is 0 Å². The van der Waals surface area contributed by atoms with Crippen molar-refractivity contribution in [3.05, 3.63) is 49.1 Å². The van der Waals surface area contributed by atoms with Gasteiger partial charge in [-0.3, -0.25) is 9.97 Å². The van der Waals surface area contributed by atoms with Crippen LogP contribution in [-0.2, 0) is 0 Å². The highest BCUT2D eigenvalue weighted by Gasteiger charge is 2.23. The second kappa shape index (κ2) is 5.49. The van der Waals surface area contributed by atoms with Crippen LogP contribution in [0.15, 0.2) is 49.1 Å². The molecule has 0 bridgehead atoms. The third kappa shape index (κ3) is 2.49. The number of likely N-dealkylation sites (N-methyl/N-ethyl adjacent to an activating group) is 1. The van der Waals surface area contributed by atoms with Crippen molar-refractivity contribution in [2.24, 2.45) is 0 Å². The van der Waals surface area contributed by atoms with Gasteiger partial charge in [0.15, 0.2) is 0 Å². The van der Waals surface area contributed by atoms with Gasteiger partial charge in [0, 0.05) is 37.2 Å². The molecule has 1 aliphatic heterocycles. The maximum absolute atomic E-state index is 4.58. The van der Waals surface area contributed by atoms with Gasteiger partial charge in [-0.05, 0) is 30.8 Å². The van der Waals surface area contributed by atoms with Crippen LogP contribution < -0.4 is 5.32 Å². The van der Waals surface area contributed by atoms with Crippen LogP contribution in [0.1, 0.15) is 0 Å². The second-order valence-corrected chi connectivity index (χ2v) is 6.46. The van der Waals surface area contributed by atoms with E-state index in [-0.39, 0.29) is 0 Å². The first kappa shape index (κ1) is 14.3. The zero-order valence-corrected chi connectivity index (χ0v) is 13.8. The number of aromatic nitrogens is 5. The third-order valence-electron chi connectivity index (χ3n) is 4.59. The second-order valence-electron chi connectivity index (χ2n) is 6.46. The van der Waals surface area contributed by atoms with Crippen molar-refractivity contribution in [3.8, 4) is 11.1 Å². The summed E-state index contributed by atoms with van der Waals surface area (Å²) >= 11 is 0. The van der Waals surface area contributed by atoms with Crippen molar-refractivity contribution >= 4 is 22.5 Å². The maximum Gasteiger partial charge on any atom is 0.241 e. The summed E-state index contributed by atoms with van der Waals surface area (Å²) < 4.78 is 1.87. The van der Waals surface area contributed by atoms with Crippen LogP contribution in [0, 0.1) is 0 Å². The van der Waals surface area contributed by atoms with Crippen molar-refractivity contribution in [1.29, 1.82) is 0 Å². The van der Waals surface area contributed by atoms with E-state index in [9.17, 15) is 0 Å². The van der Waals surface area contributed by atoms with E-state index in [1.807, 2.05) is 29.0 Å². The number of nitrogens with zero attached hydrogens (tertiary/aromatic N) is 6. The lowest BCUT2D eigenvalue weighted by Crippen LogP contribution is -2.52. The molecule has 0 aliphatic carbocycles. The Morgan fingerprint density at radius 1 is 1.04 bits per heavy atom. The maximum atomic E-state index is 4.58. The fourth-order valence-electron chi connectivity index (χ4n) is 3.31. The van der Waals surface area contributed by atoms with Crippen LogP contribution in [0.2, 0.25) is 0 Å². The van der Waals surface area contributed by atoms with Gasteiger partial charge in [-0.1, -0.05) is 6.07 Å². The number of benzene rings is 1. The molecule has 7 heteroatoms. The number of rotatable bonds is 3. The molecule has 0 radical (unpaired) electrons. The van der Waals surface area contributed by atoms with Crippen molar-refractivity contribution in [2.75, 3.05) is 25.5 Å². The van der Waals surface area contributed by atoms with Gasteiger partial charge in [0.05, 0.1) is 28.8 Å². The van der Waals surface area contributed by atoms with Crippen molar-refractivity contribution in [2.45, 2.75) is 6.04 Å². The van der Waals surface area contributed by atoms with Crippen LogP contribution in [0.3, 0.4) is 0 Å². The Labute approximate surface area is 144 Å². The van der Waals surface area contributed by atoms with Gasteiger partial charge in [-0.2, -0.15) is 0 Å². The largest absolute Gasteiger partial charge is 0.348 e. The normalized spacial score (nSPS) is 15.6. The number of hydrogen-bond acceptors (Lipinski definition) is 6. The highest BCUT2D eigenvalue weighted by Crippen LogP contribution is 2.27. The molecule has 4 heterocycles. The molecule has 1 aromatic carbocycles. The first-order valence-electron chi connectivity index (χ1n) is 8.27. The predicted octanol–water partition coefficient (Wildman–Crippen LogP) is 2.07. The zero-order chi connectivity index (χ0) is 16.8. The minimum Gasteiger partial charge on any atom is -0.348 e. The van der Waals surface area contributed by atoms with Crippen LogP contribution in [0.4, 0.5) is 5.95 Å². The van der Waals surface area contributed by atoms with Gasteiger partial charge in [0.1, 0.15) is 0 Å². The third-order valence-corrected chi connectivity index (χ3v) is 4.59. The molecule has 1 saturated heterocycles. The van der Waals surface area contributed by atoms with E-state index in [2.05, 4.69) is 49.4 Å². The summed E-state index contributed by atoms with van der Waals surface area (Å²) in [5, 5.41) is 7.95. The Kier molecular flexibility index (Phi) is 3.14. The topological polar surface area (TPSA) is 71.2 Å². The number of anilines is 1. The summed E-state index contributed by atoms with van der Waals surface area (Å²) in [6.07, 6.45) is 7.25. The van der Waals surface area contributed by atoms with Gasteiger partial charge in [0.25, 0.3) is 0 Å². The summed E-state index contributed by atoms with van der Waals surface area (Å²) in [5.41, 5.74) is 4.91. The number of fused-ring (bicyclic) bond motifs is 2. The summed E-state index contributed by atoms with van der Waals surface area (Å²) in [6.45, 7) is 2.05. The molecular formula is C18H17N7. The van der Waals surface area contributed by atoms with Crippen molar-refractivity contribution in [3.63, 3.8) is 0 Å². The lowest BCUT2D eigenvalue weighted by Gasteiger charge is -2.36. The van der Waals surface area contributed by atoms with Crippen molar-refractivity contribution in [1.82, 2.24) is 29.5 Å². The molecule has 1 N–H and O–H groups in total. The first-order valence-corrected chi connectivity index (χ1v) is 8.27. The van der Waals surface area contributed by atoms with Crippen LogP contribution >= 0.6 is 0 Å². The Balaban J connectivity index is 1.50. The molecule has 0 spiro atoms. The standard InChI is InChI=1S/C18H17N7/c1-24-10-13(11-24)22-18-21-9-17-14(4-7-25(17)23-18)12-2-3-15-16(8-12)20-6-5-19-15/h2-9,13H,10-11H2,1H3,(H,22,23). The monoisotopic (exact) mass is 331 g/mol. The summed E-state index contributed by atoms with van der Waals surface area (Å²) in [4.78, 5) is 15.4. The minimum atomic E-state index is 0.427. The molecule has 0 atom stereocenters. The Morgan fingerprint density at radius 3 is 2.72 bits per heavy atom. The van der Waals surface area contributed by atoms with Crippen LogP contribution in [0.5, 0.6) is 0 Å². The Bertz CT molecular complexity index is 1070. The molecule has 0 saturated carbocycles. The van der Waals surface area contributed by atoms with Gasteiger partial charge in [0.2, 0.25) is 5.95 Å². The van der Waals surface area contributed by atoms with E-state index in [1.165, 1.54) is 0 Å². The SMILES string of the molecule is CN1CC(Nc2ncc3c(-c4ccc5nccnc5c4)ccn3n2)C1. The van der Waals surface area contributed by atoms with Crippen LogP contribution in [0.25, 0.3) is 27.7 Å². The van der Waals surface area contributed by atoms with E-state index in [0.717, 1.165) is 40.8 Å². The van der Waals surface area contributed by atoms with Crippen LogP contribution in [-0.4, -0.2) is 55.6 Å². The van der Waals surface area contributed by atoms with Gasteiger partial charge in [-0.15, -0.1) is 5.10 Å². The smallest absolute Gasteiger partial charge is 0.241 e. The van der Waals surface area contributed by atoms with E-state index < -0.39 is 0 Å². The highest BCUT2D eigenvalue weighted by molar-refractivity contribution is 5.86. The highest BCUT2D eigenvalue weighted by atomic mass is 15.3. The quantitative estimate of drug-likeness (QED) is 0.620. The van der Waals surface area contributed by atoms with E-state index in [4.69, 9.17) is 0 Å². The number of likely N-dealkylation sites (tertiary alicyclic amines) is 1. The molecule has 4 aromatic rings. The average Bonchev–Trinajstić information content (AvgIpc) is 3.03. The van der Waals surface area contributed by atoms with E-state index in [1.54, 1.807) is 12.4 Å². The summed E-state index contributed by atoms with van der Waals surface area (Å²) in [7, 11) is 2.11.